The molecule has 1 unspecified atom stereocenters. The van der Waals surface area contributed by atoms with Gasteiger partial charge in [0.25, 0.3) is 0 Å². The van der Waals surface area contributed by atoms with Crippen LogP contribution in [0.5, 0.6) is 0 Å². The van der Waals surface area contributed by atoms with Crippen molar-refractivity contribution >= 4 is 5.78 Å². The van der Waals surface area contributed by atoms with Gasteiger partial charge in [-0.3, -0.25) is 4.79 Å². The van der Waals surface area contributed by atoms with E-state index in [2.05, 4.69) is 0 Å². The number of carbonyl (C=O) groups excluding carboxylic acids is 1. The van der Waals surface area contributed by atoms with Crippen molar-refractivity contribution < 1.29 is 4.79 Å². The van der Waals surface area contributed by atoms with Crippen LogP contribution in [0, 0.1) is 5.92 Å². The molecule has 0 heterocycles. The quantitative estimate of drug-likeness (QED) is 0.545. The predicted octanol–water partition coefficient (Wildman–Crippen LogP) is 2.35. The molecule has 2 aliphatic carbocycles. The Balaban J connectivity index is 2.45. The molecule has 0 amide bonds. The monoisotopic (exact) mass is 170 g/mol. The van der Waals surface area contributed by atoms with Gasteiger partial charge in [0.15, 0.2) is 5.78 Å². The molecule has 0 aliphatic heterocycles. The van der Waals surface area contributed by atoms with Crippen molar-refractivity contribution in [2.24, 2.45) is 5.92 Å². The van der Waals surface area contributed by atoms with Crippen molar-refractivity contribution in [2.75, 3.05) is 0 Å². The molecule has 1 nitrogen and oxygen atoms in total. The largest absolute Gasteiger partial charge is 0.290 e. The summed E-state index contributed by atoms with van der Waals surface area (Å²) in [5, 5.41) is 0. The summed E-state index contributed by atoms with van der Waals surface area (Å²) in [4.78, 5) is 11.5. The molecule has 1 heteroatoms. The minimum absolute atomic E-state index is 0.103. The first kappa shape index (κ1) is 7.99. The molecule has 0 spiro atoms. The number of fused-ring (bicyclic) bond motifs is 1. The second-order valence-corrected chi connectivity index (χ2v) is 3.03. The van der Waals surface area contributed by atoms with Gasteiger partial charge >= 0.3 is 0 Å². The van der Waals surface area contributed by atoms with Crippen LogP contribution >= 0.6 is 0 Å². The predicted molar refractivity (Wildman–Crippen MR) is 53.1 cm³/mol. The van der Waals surface area contributed by atoms with Crippen molar-refractivity contribution in [3.63, 3.8) is 0 Å². The van der Waals surface area contributed by atoms with E-state index >= 15 is 0 Å². The standard InChI is InChI=1S/C12H10O/c13-12-9-5-4-7-10-6-2-1-3-8-11(10)12/h1-10H. The number of allylic oxidation sites excluding steroid dienone is 10. The maximum Gasteiger partial charge on any atom is 0.182 e. The lowest BCUT2D eigenvalue weighted by Crippen LogP contribution is -2.05. The minimum atomic E-state index is 0.103. The van der Waals surface area contributed by atoms with Gasteiger partial charge in [0, 0.05) is 11.5 Å². The Morgan fingerprint density at radius 1 is 0.923 bits per heavy atom. The van der Waals surface area contributed by atoms with Crippen molar-refractivity contribution in [3.8, 4) is 0 Å². The van der Waals surface area contributed by atoms with Crippen molar-refractivity contribution in [3.05, 3.63) is 60.3 Å². The summed E-state index contributed by atoms with van der Waals surface area (Å²) in [6.45, 7) is 0. The lowest BCUT2D eigenvalue weighted by Gasteiger charge is -2.06. The molecular weight excluding hydrogens is 160 g/mol. The zero-order valence-corrected chi connectivity index (χ0v) is 7.18. The van der Waals surface area contributed by atoms with Crippen LogP contribution in [0.25, 0.3) is 0 Å². The first-order chi connectivity index (χ1) is 6.38. The van der Waals surface area contributed by atoms with Gasteiger partial charge in [0.1, 0.15) is 0 Å². The summed E-state index contributed by atoms with van der Waals surface area (Å²) in [6, 6.07) is 0. The molecular formula is C12H10O. The maximum absolute atomic E-state index is 11.5. The molecule has 0 aromatic rings. The molecule has 0 saturated heterocycles. The molecule has 0 N–H and O–H groups in total. The Morgan fingerprint density at radius 3 is 2.54 bits per heavy atom. The van der Waals surface area contributed by atoms with Gasteiger partial charge in [-0.25, -0.2) is 0 Å². The molecule has 0 fully saturated rings. The number of hydrogen-bond acceptors (Lipinski definition) is 1. The zero-order chi connectivity index (χ0) is 9.10. The molecule has 0 radical (unpaired) electrons. The van der Waals surface area contributed by atoms with E-state index in [1.807, 2.05) is 42.5 Å². The highest BCUT2D eigenvalue weighted by atomic mass is 16.1. The summed E-state index contributed by atoms with van der Waals surface area (Å²) in [5.74, 6) is 0.240. The maximum atomic E-state index is 11.5. The lowest BCUT2D eigenvalue weighted by molar-refractivity contribution is -0.111. The molecule has 0 bridgehead atoms. The van der Waals surface area contributed by atoms with Gasteiger partial charge in [-0.2, -0.15) is 0 Å². The highest BCUT2D eigenvalue weighted by Crippen LogP contribution is 2.20. The van der Waals surface area contributed by atoms with E-state index in [9.17, 15) is 4.79 Å². The summed E-state index contributed by atoms with van der Waals surface area (Å²) < 4.78 is 0. The number of rotatable bonds is 0. The first-order valence-corrected chi connectivity index (χ1v) is 4.32. The van der Waals surface area contributed by atoms with Gasteiger partial charge in [-0.05, 0) is 6.08 Å². The lowest BCUT2D eigenvalue weighted by atomic mass is 9.96. The van der Waals surface area contributed by atoms with Gasteiger partial charge in [0.2, 0.25) is 0 Å². The third-order valence-electron chi connectivity index (χ3n) is 2.14. The Hall–Kier alpha value is -1.63. The summed E-state index contributed by atoms with van der Waals surface area (Å²) in [7, 11) is 0. The molecule has 0 aromatic carbocycles. The smallest absolute Gasteiger partial charge is 0.182 e. The van der Waals surface area contributed by atoms with Crippen molar-refractivity contribution in [2.45, 2.75) is 0 Å². The highest BCUT2D eigenvalue weighted by Gasteiger charge is 2.15. The number of ketones is 1. The van der Waals surface area contributed by atoms with Crippen LogP contribution in [0.4, 0.5) is 0 Å². The number of carbonyl (C=O) groups is 1. The molecule has 2 rings (SSSR count). The number of hydrogen-bond donors (Lipinski definition) is 0. The first-order valence-electron chi connectivity index (χ1n) is 4.32. The van der Waals surface area contributed by atoms with E-state index in [-0.39, 0.29) is 11.7 Å². The fourth-order valence-corrected chi connectivity index (χ4v) is 1.46. The van der Waals surface area contributed by atoms with E-state index in [0.29, 0.717) is 0 Å². The van der Waals surface area contributed by atoms with Crippen molar-refractivity contribution in [1.82, 2.24) is 0 Å². The fourth-order valence-electron chi connectivity index (χ4n) is 1.46. The van der Waals surface area contributed by atoms with Crippen LogP contribution in [0.1, 0.15) is 0 Å². The fraction of sp³-hybridized carbons (Fsp3) is 0.0833. The average Bonchev–Trinajstić information content (AvgIpc) is 2.43. The second-order valence-electron chi connectivity index (χ2n) is 3.03. The second kappa shape index (κ2) is 3.40. The zero-order valence-electron chi connectivity index (χ0n) is 7.18. The Labute approximate surface area is 77.5 Å². The SMILES string of the molecule is O=C1C=CC=CC2C=CC=CC=C12. The van der Waals surface area contributed by atoms with Gasteiger partial charge in [-0.15, -0.1) is 0 Å². The minimum Gasteiger partial charge on any atom is -0.290 e. The van der Waals surface area contributed by atoms with Gasteiger partial charge < -0.3 is 0 Å². The van der Waals surface area contributed by atoms with Crippen molar-refractivity contribution in [1.29, 1.82) is 0 Å². The third-order valence-corrected chi connectivity index (χ3v) is 2.14. The molecule has 1 atom stereocenters. The topological polar surface area (TPSA) is 17.1 Å². The molecule has 64 valence electrons. The van der Waals surface area contributed by atoms with E-state index in [0.717, 1.165) is 5.57 Å². The van der Waals surface area contributed by atoms with E-state index in [1.165, 1.54) is 0 Å². The van der Waals surface area contributed by atoms with Gasteiger partial charge in [0.05, 0.1) is 0 Å². The summed E-state index contributed by atoms with van der Waals surface area (Å²) in [5.41, 5.74) is 0.843. The van der Waals surface area contributed by atoms with Crippen LogP contribution < -0.4 is 0 Å². The Bertz CT molecular complexity index is 365. The Kier molecular flexibility index (Phi) is 2.09. The van der Waals surface area contributed by atoms with E-state index in [1.54, 1.807) is 12.2 Å². The molecule has 2 aliphatic rings. The van der Waals surface area contributed by atoms with Gasteiger partial charge in [-0.1, -0.05) is 48.6 Å². The summed E-state index contributed by atoms with van der Waals surface area (Å²) in [6.07, 6.45) is 17.0. The normalized spacial score (nSPS) is 25.1. The van der Waals surface area contributed by atoms with Crippen LogP contribution in [0.15, 0.2) is 60.3 Å². The average molecular weight is 170 g/mol. The molecule has 0 aromatic heterocycles. The third kappa shape index (κ3) is 1.59. The van der Waals surface area contributed by atoms with Crippen LogP contribution in [-0.4, -0.2) is 5.78 Å². The Morgan fingerprint density at radius 2 is 1.69 bits per heavy atom. The van der Waals surface area contributed by atoms with Crippen LogP contribution in [0.2, 0.25) is 0 Å². The van der Waals surface area contributed by atoms with Crippen LogP contribution in [-0.2, 0) is 4.79 Å². The van der Waals surface area contributed by atoms with E-state index in [4.69, 9.17) is 0 Å². The molecule has 13 heavy (non-hydrogen) atoms. The summed E-state index contributed by atoms with van der Waals surface area (Å²) >= 11 is 0. The van der Waals surface area contributed by atoms with Crippen LogP contribution in [0.3, 0.4) is 0 Å². The molecule has 0 saturated carbocycles. The van der Waals surface area contributed by atoms with E-state index < -0.39 is 0 Å². The highest BCUT2D eigenvalue weighted by molar-refractivity contribution is 6.05.